The molecule has 0 atom stereocenters. The molecule has 0 aliphatic heterocycles. The molecule has 0 amide bonds. The normalized spacial score (nSPS) is 10.1. The van der Waals surface area contributed by atoms with Crippen molar-refractivity contribution in [2.24, 2.45) is 0 Å². The molecule has 0 unspecified atom stereocenters. The van der Waals surface area contributed by atoms with Crippen molar-refractivity contribution in [1.29, 1.82) is 5.26 Å². The van der Waals surface area contributed by atoms with Crippen molar-refractivity contribution >= 4 is 22.2 Å². The van der Waals surface area contributed by atoms with Crippen LogP contribution in [0.3, 0.4) is 0 Å². The highest BCUT2D eigenvalue weighted by molar-refractivity contribution is 7.13. The van der Waals surface area contributed by atoms with Gasteiger partial charge in [-0.05, 0) is 31.3 Å². The summed E-state index contributed by atoms with van der Waals surface area (Å²) in [7, 11) is 3.88. The van der Waals surface area contributed by atoms with Gasteiger partial charge in [0, 0.05) is 24.7 Å². The van der Waals surface area contributed by atoms with Gasteiger partial charge in [-0.2, -0.15) is 5.26 Å². The molecule has 1 heterocycles. The van der Waals surface area contributed by atoms with Gasteiger partial charge in [-0.15, -0.1) is 11.3 Å². The van der Waals surface area contributed by atoms with Crippen LogP contribution < -0.4 is 10.2 Å². The highest BCUT2D eigenvalue weighted by Crippen LogP contribution is 2.26. The quantitative estimate of drug-likeness (QED) is 0.915. The van der Waals surface area contributed by atoms with Crippen molar-refractivity contribution in [3.05, 3.63) is 40.9 Å². The number of hydrogen-bond acceptors (Lipinski definition) is 5. The van der Waals surface area contributed by atoms with Gasteiger partial charge in [-0.25, -0.2) is 4.98 Å². The summed E-state index contributed by atoms with van der Waals surface area (Å²) in [5.41, 5.74) is 2.74. The minimum Gasteiger partial charge on any atom is -0.321 e. The Morgan fingerprint density at radius 2 is 2.11 bits per heavy atom. The van der Waals surface area contributed by atoms with E-state index in [-0.39, 0.29) is 0 Å². The first-order valence-corrected chi connectivity index (χ1v) is 6.45. The second kappa shape index (κ2) is 5.63. The molecule has 0 aliphatic carbocycles. The molecule has 5 heteroatoms. The first kappa shape index (κ1) is 12.6. The number of nitrogens with zero attached hydrogens (tertiary/aromatic N) is 3. The maximum atomic E-state index is 8.77. The number of aromatic nitrogens is 1. The minimum atomic E-state index is 0.669. The lowest BCUT2D eigenvalue weighted by Gasteiger charge is -2.15. The van der Waals surface area contributed by atoms with Crippen LogP contribution in [0.5, 0.6) is 0 Å². The van der Waals surface area contributed by atoms with E-state index in [1.165, 1.54) is 0 Å². The Labute approximate surface area is 111 Å². The lowest BCUT2D eigenvalue weighted by molar-refractivity contribution is 0.797. The van der Waals surface area contributed by atoms with E-state index in [1.807, 2.05) is 48.6 Å². The largest absolute Gasteiger partial charge is 0.321 e. The molecule has 2 rings (SSSR count). The van der Waals surface area contributed by atoms with Gasteiger partial charge in [0.05, 0.1) is 17.3 Å². The average molecular weight is 258 g/mol. The van der Waals surface area contributed by atoms with Crippen LogP contribution in [0.25, 0.3) is 0 Å². The third kappa shape index (κ3) is 2.67. The Hall–Kier alpha value is -1.90. The molecule has 18 heavy (non-hydrogen) atoms. The highest BCUT2D eigenvalue weighted by Gasteiger charge is 2.08. The Balaban J connectivity index is 2.18. The van der Waals surface area contributed by atoms with Gasteiger partial charge in [-0.1, -0.05) is 0 Å². The SMILES string of the molecule is CNCc1csc(N(C)c2ccc(C#N)cc2)n1. The molecular weight excluding hydrogens is 244 g/mol. The molecule has 0 saturated carbocycles. The summed E-state index contributed by atoms with van der Waals surface area (Å²) in [6.45, 7) is 0.776. The van der Waals surface area contributed by atoms with Gasteiger partial charge >= 0.3 is 0 Å². The zero-order chi connectivity index (χ0) is 13.0. The number of rotatable bonds is 4. The van der Waals surface area contributed by atoms with Crippen LogP contribution in [0, 0.1) is 11.3 Å². The second-order valence-corrected chi connectivity index (χ2v) is 4.71. The molecule has 0 spiro atoms. The molecule has 0 bridgehead atoms. The first-order chi connectivity index (χ1) is 8.74. The van der Waals surface area contributed by atoms with Crippen molar-refractivity contribution in [2.45, 2.75) is 6.54 Å². The molecular formula is C13H14N4S. The Morgan fingerprint density at radius 3 is 2.72 bits per heavy atom. The standard InChI is InChI=1S/C13H14N4S/c1-15-8-11-9-18-13(16-11)17(2)12-5-3-10(7-14)4-6-12/h3-6,9,15H,8H2,1-2H3. The summed E-state index contributed by atoms with van der Waals surface area (Å²) in [4.78, 5) is 6.55. The summed E-state index contributed by atoms with van der Waals surface area (Å²) in [6.07, 6.45) is 0. The van der Waals surface area contributed by atoms with Crippen molar-refractivity contribution < 1.29 is 0 Å². The summed E-state index contributed by atoms with van der Waals surface area (Å²) in [6, 6.07) is 9.60. The zero-order valence-electron chi connectivity index (χ0n) is 10.3. The minimum absolute atomic E-state index is 0.669. The lowest BCUT2D eigenvalue weighted by atomic mass is 10.2. The average Bonchev–Trinajstić information content (AvgIpc) is 2.87. The second-order valence-electron chi connectivity index (χ2n) is 3.87. The highest BCUT2D eigenvalue weighted by atomic mass is 32.1. The van der Waals surface area contributed by atoms with E-state index in [0.29, 0.717) is 5.56 Å². The lowest BCUT2D eigenvalue weighted by Crippen LogP contribution is -2.10. The van der Waals surface area contributed by atoms with Gasteiger partial charge in [0.15, 0.2) is 5.13 Å². The molecule has 4 nitrogen and oxygen atoms in total. The first-order valence-electron chi connectivity index (χ1n) is 5.57. The Kier molecular flexibility index (Phi) is 3.92. The third-order valence-corrected chi connectivity index (χ3v) is 3.53. The molecule has 2 aromatic rings. The topological polar surface area (TPSA) is 52.0 Å². The Morgan fingerprint density at radius 1 is 1.39 bits per heavy atom. The molecule has 1 aromatic carbocycles. The fraction of sp³-hybridized carbons (Fsp3) is 0.231. The van der Waals surface area contributed by atoms with E-state index >= 15 is 0 Å². The summed E-state index contributed by atoms with van der Waals surface area (Å²) in [5, 5.41) is 14.8. The predicted octanol–water partition coefficient (Wildman–Crippen LogP) is 2.50. The van der Waals surface area contributed by atoms with E-state index in [2.05, 4.69) is 16.4 Å². The van der Waals surface area contributed by atoms with Crippen molar-refractivity contribution in [3.8, 4) is 6.07 Å². The van der Waals surface area contributed by atoms with E-state index in [4.69, 9.17) is 5.26 Å². The number of anilines is 2. The van der Waals surface area contributed by atoms with Crippen molar-refractivity contribution in [3.63, 3.8) is 0 Å². The van der Waals surface area contributed by atoms with Crippen LogP contribution in [-0.2, 0) is 6.54 Å². The summed E-state index contributed by atoms with van der Waals surface area (Å²) in [5.74, 6) is 0. The zero-order valence-corrected chi connectivity index (χ0v) is 11.2. The molecule has 0 fully saturated rings. The number of nitrogens with one attached hydrogen (secondary N) is 1. The predicted molar refractivity (Wildman–Crippen MR) is 74.1 cm³/mol. The molecule has 0 saturated heterocycles. The maximum Gasteiger partial charge on any atom is 0.189 e. The fourth-order valence-electron chi connectivity index (χ4n) is 1.58. The van der Waals surface area contributed by atoms with E-state index in [1.54, 1.807) is 11.3 Å². The number of hydrogen-bond donors (Lipinski definition) is 1. The van der Waals surface area contributed by atoms with Gasteiger partial charge in [-0.3, -0.25) is 0 Å². The van der Waals surface area contributed by atoms with Crippen molar-refractivity contribution in [2.75, 3.05) is 19.0 Å². The molecule has 92 valence electrons. The maximum absolute atomic E-state index is 8.77. The smallest absolute Gasteiger partial charge is 0.189 e. The van der Waals surface area contributed by atoms with Crippen LogP contribution >= 0.6 is 11.3 Å². The van der Waals surface area contributed by atoms with E-state index in [0.717, 1.165) is 23.1 Å². The molecule has 1 aromatic heterocycles. The molecule has 0 radical (unpaired) electrons. The summed E-state index contributed by atoms with van der Waals surface area (Å²) < 4.78 is 0. The third-order valence-electron chi connectivity index (χ3n) is 2.57. The fourth-order valence-corrected chi connectivity index (χ4v) is 2.39. The van der Waals surface area contributed by atoms with E-state index in [9.17, 15) is 0 Å². The number of nitriles is 1. The van der Waals surface area contributed by atoms with E-state index < -0.39 is 0 Å². The summed E-state index contributed by atoms with van der Waals surface area (Å²) >= 11 is 1.61. The van der Waals surface area contributed by atoms with Gasteiger partial charge in [0.2, 0.25) is 0 Å². The Bertz CT molecular complexity index is 553. The van der Waals surface area contributed by atoms with Gasteiger partial charge in [0.1, 0.15) is 0 Å². The number of thiazole rings is 1. The van der Waals surface area contributed by atoms with Crippen LogP contribution in [0.2, 0.25) is 0 Å². The van der Waals surface area contributed by atoms with Crippen LogP contribution in [-0.4, -0.2) is 19.1 Å². The molecule has 1 N–H and O–H groups in total. The van der Waals surface area contributed by atoms with Crippen LogP contribution in [0.1, 0.15) is 11.3 Å². The van der Waals surface area contributed by atoms with Gasteiger partial charge < -0.3 is 10.2 Å². The number of benzene rings is 1. The van der Waals surface area contributed by atoms with Gasteiger partial charge in [0.25, 0.3) is 0 Å². The van der Waals surface area contributed by atoms with Crippen molar-refractivity contribution in [1.82, 2.24) is 10.3 Å². The van der Waals surface area contributed by atoms with Crippen LogP contribution in [0.4, 0.5) is 10.8 Å². The van der Waals surface area contributed by atoms with Crippen LogP contribution in [0.15, 0.2) is 29.6 Å². The monoisotopic (exact) mass is 258 g/mol. The molecule has 0 aliphatic rings.